The van der Waals surface area contributed by atoms with Crippen LogP contribution in [0.5, 0.6) is 5.75 Å². The second-order valence-corrected chi connectivity index (χ2v) is 4.94. The molecule has 1 aromatic heterocycles. The zero-order valence-corrected chi connectivity index (χ0v) is 11.2. The van der Waals surface area contributed by atoms with Crippen molar-refractivity contribution in [2.75, 3.05) is 7.11 Å². The predicted molar refractivity (Wildman–Crippen MR) is 71.7 cm³/mol. The van der Waals surface area contributed by atoms with Crippen LogP contribution in [0.1, 0.15) is 9.88 Å². The molecule has 1 aromatic carbocycles. The van der Waals surface area contributed by atoms with Gasteiger partial charge in [-0.1, -0.05) is 11.6 Å². The van der Waals surface area contributed by atoms with Gasteiger partial charge in [0.1, 0.15) is 27.4 Å². The molecule has 2 N–H and O–H groups in total. The number of hydrogen-bond acceptors (Lipinski definition) is 5. The number of rotatable bonds is 3. The Morgan fingerprint density at radius 2 is 2.33 bits per heavy atom. The van der Waals surface area contributed by atoms with E-state index < -0.39 is 0 Å². The van der Waals surface area contributed by atoms with Crippen LogP contribution in [0, 0.1) is 11.3 Å². The van der Waals surface area contributed by atoms with E-state index in [-0.39, 0.29) is 0 Å². The summed E-state index contributed by atoms with van der Waals surface area (Å²) < 4.78 is 5.08. The second kappa shape index (κ2) is 5.36. The summed E-state index contributed by atoms with van der Waals surface area (Å²) in [6.45, 7) is 0.313. The van der Waals surface area contributed by atoms with Crippen LogP contribution in [0.3, 0.4) is 0 Å². The first kappa shape index (κ1) is 12.8. The topological polar surface area (TPSA) is 71.9 Å². The third kappa shape index (κ3) is 2.31. The fraction of sp³-hybridized carbons (Fsp3) is 0.167. The summed E-state index contributed by atoms with van der Waals surface area (Å²) in [7, 11) is 1.57. The van der Waals surface area contributed by atoms with E-state index in [9.17, 15) is 0 Å². The van der Waals surface area contributed by atoms with E-state index >= 15 is 0 Å². The summed E-state index contributed by atoms with van der Waals surface area (Å²) in [5.41, 5.74) is 6.83. The molecular formula is C12H10ClN3OS. The van der Waals surface area contributed by atoms with E-state index in [1.54, 1.807) is 25.3 Å². The third-order valence-corrected chi connectivity index (χ3v) is 3.67. The van der Waals surface area contributed by atoms with Gasteiger partial charge < -0.3 is 10.5 Å². The lowest BCUT2D eigenvalue weighted by atomic mass is 10.1. The van der Waals surface area contributed by atoms with Gasteiger partial charge in [0.15, 0.2) is 0 Å². The zero-order valence-electron chi connectivity index (χ0n) is 9.61. The molecule has 0 radical (unpaired) electrons. The Morgan fingerprint density at radius 3 is 2.89 bits per heavy atom. The van der Waals surface area contributed by atoms with Crippen LogP contribution in [-0.4, -0.2) is 12.1 Å². The highest BCUT2D eigenvalue weighted by molar-refractivity contribution is 7.12. The van der Waals surface area contributed by atoms with Gasteiger partial charge in [0, 0.05) is 12.1 Å². The lowest BCUT2D eigenvalue weighted by molar-refractivity contribution is 0.415. The van der Waals surface area contributed by atoms with Crippen molar-refractivity contribution >= 4 is 22.9 Å². The molecule has 0 bridgehead atoms. The van der Waals surface area contributed by atoms with Crippen LogP contribution in [0.15, 0.2) is 18.2 Å². The predicted octanol–water partition coefficient (Wildman–Crippen LogP) is 2.80. The first-order valence-electron chi connectivity index (χ1n) is 5.13. The van der Waals surface area contributed by atoms with Gasteiger partial charge in [-0.25, -0.2) is 4.98 Å². The molecule has 92 valence electrons. The van der Waals surface area contributed by atoms with Gasteiger partial charge in [-0.05, 0) is 18.2 Å². The highest BCUT2D eigenvalue weighted by atomic mass is 35.5. The fourth-order valence-electron chi connectivity index (χ4n) is 1.52. The van der Waals surface area contributed by atoms with Gasteiger partial charge >= 0.3 is 0 Å². The second-order valence-electron chi connectivity index (χ2n) is 3.45. The average Bonchev–Trinajstić information content (AvgIpc) is 2.81. The van der Waals surface area contributed by atoms with Gasteiger partial charge in [-0.15, -0.1) is 11.3 Å². The molecule has 18 heavy (non-hydrogen) atoms. The van der Waals surface area contributed by atoms with Crippen molar-refractivity contribution in [2.45, 2.75) is 6.54 Å². The third-order valence-electron chi connectivity index (χ3n) is 2.38. The Balaban J connectivity index is 2.55. The Labute approximate surface area is 114 Å². The summed E-state index contributed by atoms with van der Waals surface area (Å²) in [5.74, 6) is 0.663. The van der Waals surface area contributed by atoms with E-state index in [4.69, 9.17) is 27.3 Å². The number of hydrogen-bond donors (Lipinski definition) is 1. The van der Waals surface area contributed by atoms with Crippen LogP contribution in [0.2, 0.25) is 5.02 Å². The first-order valence-corrected chi connectivity index (χ1v) is 6.32. The van der Waals surface area contributed by atoms with Gasteiger partial charge in [-0.3, -0.25) is 0 Å². The van der Waals surface area contributed by atoms with Gasteiger partial charge in [-0.2, -0.15) is 5.26 Å². The van der Waals surface area contributed by atoms with Crippen molar-refractivity contribution in [1.82, 2.24) is 4.98 Å². The Morgan fingerprint density at radius 1 is 1.56 bits per heavy atom. The maximum Gasteiger partial charge on any atom is 0.132 e. The van der Waals surface area contributed by atoms with E-state index in [1.165, 1.54) is 11.3 Å². The number of thiazole rings is 1. The maximum absolute atomic E-state index is 9.09. The van der Waals surface area contributed by atoms with Gasteiger partial charge in [0.05, 0.1) is 12.1 Å². The quantitative estimate of drug-likeness (QED) is 0.938. The van der Waals surface area contributed by atoms with Gasteiger partial charge in [0.25, 0.3) is 0 Å². The number of nitrogens with two attached hydrogens (primary N) is 1. The van der Waals surface area contributed by atoms with Crippen LogP contribution in [-0.2, 0) is 6.54 Å². The molecule has 4 nitrogen and oxygen atoms in total. The minimum Gasteiger partial charge on any atom is -0.497 e. The number of nitriles is 1. The van der Waals surface area contributed by atoms with Crippen molar-refractivity contribution in [2.24, 2.45) is 5.73 Å². The molecule has 6 heteroatoms. The molecule has 2 aromatic rings. The molecule has 2 rings (SSSR count). The first-order chi connectivity index (χ1) is 8.69. The van der Waals surface area contributed by atoms with E-state index in [0.29, 0.717) is 38.5 Å². The molecule has 0 spiro atoms. The molecule has 0 saturated carbocycles. The zero-order chi connectivity index (χ0) is 13.1. The monoisotopic (exact) mass is 279 g/mol. The minimum atomic E-state index is 0.313. The maximum atomic E-state index is 9.09. The van der Waals surface area contributed by atoms with Crippen LogP contribution < -0.4 is 10.5 Å². The highest BCUT2D eigenvalue weighted by Gasteiger charge is 2.15. The van der Waals surface area contributed by atoms with E-state index in [2.05, 4.69) is 11.1 Å². The van der Waals surface area contributed by atoms with Crippen molar-refractivity contribution in [3.8, 4) is 23.1 Å². The van der Waals surface area contributed by atoms with Crippen LogP contribution in [0.4, 0.5) is 0 Å². The Kier molecular flexibility index (Phi) is 3.82. The average molecular weight is 280 g/mol. The molecule has 0 atom stereocenters. The van der Waals surface area contributed by atoms with Gasteiger partial charge in [0.2, 0.25) is 0 Å². The largest absolute Gasteiger partial charge is 0.497 e. The van der Waals surface area contributed by atoms with E-state index in [0.717, 1.165) is 0 Å². The van der Waals surface area contributed by atoms with Crippen molar-refractivity contribution in [1.29, 1.82) is 5.26 Å². The molecular weight excluding hydrogens is 270 g/mol. The Hall–Kier alpha value is -1.61. The van der Waals surface area contributed by atoms with E-state index in [1.807, 2.05) is 0 Å². The van der Waals surface area contributed by atoms with Crippen molar-refractivity contribution < 1.29 is 4.74 Å². The number of nitrogens with zero attached hydrogens (tertiary/aromatic N) is 2. The summed E-state index contributed by atoms with van der Waals surface area (Å²) in [6.07, 6.45) is 0. The normalized spacial score (nSPS) is 10.1. The molecule has 0 aliphatic heterocycles. The summed E-state index contributed by atoms with van der Waals surface area (Å²) >= 11 is 7.45. The number of benzene rings is 1. The van der Waals surface area contributed by atoms with Crippen LogP contribution in [0.25, 0.3) is 11.3 Å². The molecule has 0 aliphatic carbocycles. The molecule has 0 saturated heterocycles. The molecule has 0 amide bonds. The summed E-state index contributed by atoms with van der Waals surface area (Å²) in [5, 5.41) is 10.3. The molecule has 1 heterocycles. The SMILES string of the molecule is COc1ccc(-c2nc(CN)sc2C#N)c(Cl)c1. The van der Waals surface area contributed by atoms with Crippen molar-refractivity contribution in [3.05, 3.63) is 33.1 Å². The van der Waals surface area contributed by atoms with Crippen molar-refractivity contribution in [3.63, 3.8) is 0 Å². The number of ether oxygens (including phenoxy) is 1. The smallest absolute Gasteiger partial charge is 0.132 e. The minimum absolute atomic E-state index is 0.313. The number of aromatic nitrogens is 1. The number of methoxy groups -OCH3 is 1. The summed E-state index contributed by atoms with van der Waals surface area (Å²) in [4.78, 5) is 4.85. The lowest BCUT2D eigenvalue weighted by Crippen LogP contribution is -1.94. The molecule has 0 unspecified atom stereocenters. The number of halogens is 1. The highest BCUT2D eigenvalue weighted by Crippen LogP contribution is 2.34. The summed E-state index contributed by atoms with van der Waals surface area (Å²) in [6, 6.07) is 7.38. The molecule has 0 fully saturated rings. The Bertz CT molecular complexity index is 618. The fourth-order valence-corrected chi connectivity index (χ4v) is 2.54. The molecule has 0 aliphatic rings. The van der Waals surface area contributed by atoms with Crippen LogP contribution >= 0.6 is 22.9 Å². The lowest BCUT2D eigenvalue weighted by Gasteiger charge is -2.04. The standard InChI is InChI=1S/C12H10ClN3OS/c1-17-7-2-3-8(9(13)4-7)12-10(5-14)18-11(6-15)16-12/h2-4H,6,15H2,1H3.